The molecule has 0 atom stereocenters. The average Bonchev–Trinajstić information content (AvgIpc) is 2.56. The third-order valence-electron chi connectivity index (χ3n) is 3.76. The lowest BCUT2D eigenvalue weighted by Gasteiger charge is -2.11. The van der Waals surface area contributed by atoms with Gasteiger partial charge in [-0.05, 0) is 34.7 Å². The summed E-state index contributed by atoms with van der Waals surface area (Å²) in [5.41, 5.74) is 6.03. The fraction of sp³-hybridized carbons (Fsp3) is 0.150. The molecule has 3 rings (SSSR count). The van der Waals surface area contributed by atoms with Crippen LogP contribution in [0.5, 0.6) is 0 Å². The van der Waals surface area contributed by atoms with Crippen molar-refractivity contribution < 1.29 is 0 Å². The van der Waals surface area contributed by atoms with E-state index in [4.69, 9.17) is 0 Å². The van der Waals surface area contributed by atoms with Crippen LogP contribution in [-0.2, 0) is 0 Å². The van der Waals surface area contributed by atoms with Crippen LogP contribution in [0.4, 0.5) is 0 Å². The molecule has 2 aromatic carbocycles. The number of rotatable bonds is 3. The van der Waals surface area contributed by atoms with Gasteiger partial charge in [0.1, 0.15) is 0 Å². The Hall–Kier alpha value is -2.41. The van der Waals surface area contributed by atoms with Crippen molar-refractivity contribution in [3.8, 4) is 22.4 Å². The van der Waals surface area contributed by atoms with Crippen LogP contribution in [0.1, 0.15) is 25.3 Å². The van der Waals surface area contributed by atoms with E-state index in [2.05, 4.69) is 73.4 Å². The fourth-order valence-electron chi connectivity index (χ4n) is 2.53. The molecule has 0 aliphatic rings. The first-order chi connectivity index (χ1) is 10.3. The van der Waals surface area contributed by atoms with E-state index in [1.54, 1.807) is 0 Å². The smallest absolute Gasteiger partial charge is 0.0708 e. The minimum Gasteiger partial charge on any atom is -0.256 e. The molecule has 3 aromatic rings. The summed E-state index contributed by atoms with van der Waals surface area (Å²) in [5, 5.41) is 0. The van der Waals surface area contributed by atoms with Crippen molar-refractivity contribution in [2.75, 3.05) is 0 Å². The van der Waals surface area contributed by atoms with Gasteiger partial charge in [-0.3, -0.25) is 4.98 Å². The van der Waals surface area contributed by atoms with Crippen molar-refractivity contribution in [2.24, 2.45) is 0 Å². The summed E-state index contributed by atoms with van der Waals surface area (Å²) in [6, 6.07) is 23.3. The Morgan fingerprint density at radius 3 is 2.00 bits per heavy atom. The van der Waals surface area contributed by atoms with Crippen LogP contribution in [0.15, 0.2) is 72.9 Å². The molecule has 1 heteroatoms. The number of benzene rings is 2. The first kappa shape index (κ1) is 13.6. The maximum absolute atomic E-state index is 4.48. The van der Waals surface area contributed by atoms with Crippen molar-refractivity contribution in [1.82, 2.24) is 4.98 Å². The molecule has 0 saturated carbocycles. The van der Waals surface area contributed by atoms with E-state index < -0.39 is 0 Å². The van der Waals surface area contributed by atoms with Gasteiger partial charge in [-0.2, -0.15) is 0 Å². The predicted octanol–water partition coefficient (Wildman–Crippen LogP) is 5.54. The Labute approximate surface area is 126 Å². The molecule has 1 aromatic heterocycles. The lowest BCUT2D eigenvalue weighted by Crippen LogP contribution is -1.89. The van der Waals surface area contributed by atoms with Gasteiger partial charge in [0.2, 0.25) is 0 Å². The van der Waals surface area contributed by atoms with Gasteiger partial charge in [0.25, 0.3) is 0 Å². The zero-order valence-electron chi connectivity index (χ0n) is 12.5. The number of hydrogen-bond donors (Lipinski definition) is 0. The van der Waals surface area contributed by atoms with Gasteiger partial charge in [0.15, 0.2) is 0 Å². The second-order valence-electron chi connectivity index (χ2n) is 5.54. The van der Waals surface area contributed by atoms with Crippen LogP contribution in [0.3, 0.4) is 0 Å². The maximum atomic E-state index is 4.48. The van der Waals surface area contributed by atoms with Crippen molar-refractivity contribution in [2.45, 2.75) is 19.8 Å². The molecule has 0 radical (unpaired) electrons. The highest BCUT2D eigenvalue weighted by molar-refractivity contribution is 5.81. The van der Waals surface area contributed by atoms with Gasteiger partial charge < -0.3 is 0 Å². The molecule has 0 N–H and O–H groups in total. The Balaban J connectivity index is 2.07. The van der Waals surface area contributed by atoms with E-state index >= 15 is 0 Å². The third kappa shape index (κ3) is 2.87. The summed E-state index contributed by atoms with van der Waals surface area (Å²) in [6.07, 6.45) is 1.84. The fourth-order valence-corrected chi connectivity index (χ4v) is 2.53. The van der Waals surface area contributed by atoms with Crippen LogP contribution in [0, 0.1) is 0 Å². The van der Waals surface area contributed by atoms with Crippen LogP contribution in [0.2, 0.25) is 0 Å². The Kier molecular flexibility index (Phi) is 3.83. The zero-order valence-corrected chi connectivity index (χ0v) is 12.5. The molecule has 0 unspecified atom stereocenters. The van der Waals surface area contributed by atoms with E-state index in [9.17, 15) is 0 Å². The number of pyridine rings is 1. The van der Waals surface area contributed by atoms with Gasteiger partial charge in [-0.25, -0.2) is 0 Å². The predicted molar refractivity (Wildman–Crippen MR) is 89.2 cm³/mol. The number of nitrogens with zero attached hydrogens (tertiary/aromatic N) is 1. The maximum Gasteiger partial charge on any atom is 0.0708 e. The molecular weight excluding hydrogens is 254 g/mol. The zero-order chi connectivity index (χ0) is 14.7. The molecule has 0 bridgehead atoms. The number of aromatic nitrogens is 1. The molecule has 0 amide bonds. The largest absolute Gasteiger partial charge is 0.256 e. The second-order valence-corrected chi connectivity index (χ2v) is 5.54. The first-order valence-electron chi connectivity index (χ1n) is 7.36. The lowest BCUT2D eigenvalue weighted by atomic mass is 9.95. The molecule has 21 heavy (non-hydrogen) atoms. The molecule has 0 spiro atoms. The topological polar surface area (TPSA) is 12.9 Å². The molecule has 1 heterocycles. The monoisotopic (exact) mass is 273 g/mol. The average molecular weight is 273 g/mol. The Bertz CT molecular complexity index is 712. The molecule has 0 fully saturated rings. The van der Waals surface area contributed by atoms with Gasteiger partial charge >= 0.3 is 0 Å². The van der Waals surface area contributed by atoms with Crippen LogP contribution < -0.4 is 0 Å². The van der Waals surface area contributed by atoms with Gasteiger partial charge in [0.05, 0.1) is 5.69 Å². The van der Waals surface area contributed by atoms with Gasteiger partial charge in [-0.15, -0.1) is 0 Å². The standard InChI is InChI=1S/C20H19N/c1-15(2)16-10-12-17(13-11-16)18-7-3-4-8-19(18)20-9-5-6-14-21-20/h3-15H,1-2H3. The minimum atomic E-state index is 0.560. The molecule has 1 nitrogen and oxygen atoms in total. The Morgan fingerprint density at radius 2 is 1.38 bits per heavy atom. The molecule has 104 valence electrons. The molecular formula is C20H19N. The SMILES string of the molecule is CC(C)c1ccc(-c2ccccc2-c2ccccn2)cc1. The van der Waals surface area contributed by atoms with Crippen LogP contribution in [0.25, 0.3) is 22.4 Å². The number of hydrogen-bond acceptors (Lipinski definition) is 1. The van der Waals surface area contributed by atoms with Crippen LogP contribution in [-0.4, -0.2) is 4.98 Å². The molecule has 0 saturated heterocycles. The van der Waals surface area contributed by atoms with E-state index in [1.165, 1.54) is 22.3 Å². The van der Waals surface area contributed by atoms with E-state index in [0.717, 1.165) is 5.69 Å². The molecule has 0 aliphatic heterocycles. The normalized spacial score (nSPS) is 10.8. The summed E-state index contributed by atoms with van der Waals surface area (Å²) in [5.74, 6) is 0.560. The van der Waals surface area contributed by atoms with Gasteiger partial charge in [-0.1, -0.05) is 68.4 Å². The highest BCUT2D eigenvalue weighted by Gasteiger charge is 2.08. The van der Waals surface area contributed by atoms with E-state index in [1.807, 2.05) is 18.3 Å². The summed E-state index contributed by atoms with van der Waals surface area (Å²) in [4.78, 5) is 4.48. The summed E-state index contributed by atoms with van der Waals surface area (Å²) in [6.45, 7) is 4.44. The first-order valence-corrected chi connectivity index (χ1v) is 7.36. The van der Waals surface area contributed by atoms with Gasteiger partial charge in [0, 0.05) is 11.8 Å². The molecule has 0 aliphatic carbocycles. The highest BCUT2D eigenvalue weighted by Crippen LogP contribution is 2.31. The summed E-state index contributed by atoms with van der Waals surface area (Å²) < 4.78 is 0. The van der Waals surface area contributed by atoms with Crippen molar-refractivity contribution in [1.29, 1.82) is 0 Å². The second kappa shape index (κ2) is 5.92. The van der Waals surface area contributed by atoms with E-state index in [0.29, 0.717) is 5.92 Å². The minimum absolute atomic E-state index is 0.560. The highest BCUT2D eigenvalue weighted by atomic mass is 14.7. The van der Waals surface area contributed by atoms with Crippen molar-refractivity contribution >= 4 is 0 Å². The van der Waals surface area contributed by atoms with Crippen molar-refractivity contribution in [3.63, 3.8) is 0 Å². The third-order valence-corrected chi connectivity index (χ3v) is 3.76. The summed E-state index contributed by atoms with van der Waals surface area (Å²) in [7, 11) is 0. The van der Waals surface area contributed by atoms with Crippen molar-refractivity contribution in [3.05, 3.63) is 78.5 Å². The van der Waals surface area contributed by atoms with E-state index in [-0.39, 0.29) is 0 Å². The lowest BCUT2D eigenvalue weighted by molar-refractivity contribution is 0.867. The quantitative estimate of drug-likeness (QED) is 0.610. The summed E-state index contributed by atoms with van der Waals surface area (Å²) >= 11 is 0. The Morgan fingerprint density at radius 1 is 0.714 bits per heavy atom. The van der Waals surface area contributed by atoms with Crippen LogP contribution >= 0.6 is 0 Å².